The summed E-state index contributed by atoms with van der Waals surface area (Å²) in [5.41, 5.74) is 6.98. The number of imidazole rings is 1. The highest BCUT2D eigenvalue weighted by Crippen LogP contribution is 2.40. The van der Waals surface area contributed by atoms with Crippen LogP contribution in [-0.4, -0.2) is 73.3 Å². The molecule has 0 saturated carbocycles. The normalized spacial score (nSPS) is 18.9. The Kier molecular flexibility index (Phi) is 7.19. The van der Waals surface area contributed by atoms with Crippen LogP contribution >= 0.6 is 23.1 Å². The van der Waals surface area contributed by atoms with Gasteiger partial charge in [-0.3, -0.25) is 14.5 Å². The predicted molar refractivity (Wildman–Crippen MR) is 135 cm³/mol. The maximum absolute atomic E-state index is 13.1. The molecule has 1 fully saturated rings. The first kappa shape index (κ1) is 26.2. The molecule has 14 nitrogen and oxygen atoms in total. The van der Waals surface area contributed by atoms with Gasteiger partial charge in [0.1, 0.15) is 54.9 Å². The van der Waals surface area contributed by atoms with Crippen LogP contribution in [0.3, 0.4) is 0 Å². The standard InChI is InChI=1S/C23H20N8O6S2/c24-7-12-1-2-15-29(8-12)3-4-30(15)9-13-10-38-21-17(20(34)31(21)18(13)22(35)36)27-19(33)16(28-37-6-5-32)14-11-39-23(25)26-14/h1-4,8,11,17,21,32H,5-6,9-10H2,(H3-,25,26,27,33,35,36)/b28-16-/t17-,21+/m1/s1. The summed E-state index contributed by atoms with van der Waals surface area (Å²) in [6.07, 6.45) is 5.15. The summed E-state index contributed by atoms with van der Waals surface area (Å²) in [6, 6.07) is 4.45. The SMILES string of the molecule is N#Cc1ccc2n(cc[n+]2CC2=C(C(=O)[O-])N3C(=O)[C@@H](NC(=O)/C(=N\OCCO)c4csc(N)n4)[C@@H]3SC2)c1. The largest absolute Gasteiger partial charge is 0.543 e. The number of aliphatic hydroxyl groups excluding tert-OH is 1. The van der Waals surface area contributed by atoms with Gasteiger partial charge in [0, 0.05) is 22.8 Å². The Bertz CT molecular complexity index is 1590. The lowest BCUT2D eigenvalue weighted by atomic mass is 10.0. The van der Waals surface area contributed by atoms with Crippen LogP contribution in [0.4, 0.5) is 5.13 Å². The molecule has 0 aromatic carbocycles. The fourth-order valence-electron chi connectivity index (χ4n) is 4.26. The van der Waals surface area contributed by atoms with Crippen molar-refractivity contribution in [3.05, 3.63) is 58.6 Å². The van der Waals surface area contributed by atoms with Gasteiger partial charge in [0.2, 0.25) is 0 Å². The summed E-state index contributed by atoms with van der Waals surface area (Å²) >= 11 is 2.38. The number of aliphatic hydroxyl groups is 1. The molecule has 16 heteroatoms. The number of pyridine rings is 1. The number of thiazole rings is 1. The van der Waals surface area contributed by atoms with E-state index in [4.69, 9.17) is 20.9 Å². The number of β-lactam (4-membered cyclic amide) rings is 1. The Morgan fingerprint density at radius 2 is 2.26 bits per heavy atom. The van der Waals surface area contributed by atoms with Crippen molar-refractivity contribution in [2.24, 2.45) is 5.16 Å². The van der Waals surface area contributed by atoms with E-state index in [1.807, 2.05) is 0 Å². The molecule has 5 heterocycles. The number of carboxylic acids is 1. The quantitative estimate of drug-likeness (QED) is 0.0848. The lowest BCUT2D eigenvalue weighted by Crippen LogP contribution is -2.71. The second kappa shape index (κ2) is 10.7. The Labute approximate surface area is 228 Å². The van der Waals surface area contributed by atoms with Crippen molar-refractivity contribution in [2.75, 3.05) is 24.7 Å². The summed E-state index contributed by atoms with van der Waals surface area (Å²) in [7, 11) is 0. The van der Waals surface area contributed by atoms with Gasteiger partial charge in [-0.2, -0.15) is 5.26 Å². The van der Waals surface area contributed by atoms with Crippen LogP contribution in [0, 0.1) is 11.3 Å². The number of carbonyl (C=O) groups is 3. The molecule has 2 atom stereocenters. The van der Waals surface area contributed by atoms with Gasteiger partial charge in [-0.25, -0.2) is 14.0 Å². The van der Waals surface area contributed by atoms with Crippen LogP contribution in [0.25, 0.3) is 5.65 Å². The molecule has 39 heavy (non-hydrogen) atoms. The molecule has 3 aromatic heterocycles. The molecule has 0 radical (unpaired) electrons. The fraction of sp³-hybridized carbons (Fsp3) is 0.261. The van der Waals surface area contributed by atoms with E-state index in [9.17, 15) is 19.5 Å². The Hall–Kier alpha value is -4.46. The van der Waals surface area contributed by atoms with E-state index < -0.39 is 29.2 Å². The average molecular weight is 569 g/mol. The zero-order valence-electron chi connectivity index (χ0n) is 20.0. The lowest BCUT2D eigenvalue weighted by molar-refractivity contribution is -0.662. The number of fused-ring (bicyclic) bond motifs is 2. The number of nitrogens with zero attached hydrogens (tertiary/aromatic N) is 6. The fourth-order valence-corrected chi connectivity index (χ4v) is 6.14. The summed E-state index contributed by atoms with van der Waals surface area (Å²) in [4.78, 5) is 48.4. The number of hydrogen-bond donors (Lipinski definition) is 3. The highest BCUT2D eigenvalue weighted by atomic mass is 32.2. The third kappa shape index (κ3) is 4.90. The van der Waals surface area contributed by atoms with E-state index in [0.29, 0.717) is 11.1 Å². The van der Waals surface area contributed by atoms with Crippen molar-refractivity contribution >= 4 is 57.4 Å². The van der Waals surface area contributed by atoms with Gasteiger partial charge in [-0.05, 0) is 6.07 Å². The molecule has 0 bridgehead atoms. The minimum absolute atomic E-state index is 0.129. The zero-order chi connectivity index (χ0) is 27.7. The maximum Gasteiger partial charge on any atom is 0.286 e. The molecular formula is C23H20N8O6S2. The predicted octanol–water partition coefficient (Wildman–Crippen LogP) is -2.05. The van der Waals surface area contributed by atoms with Crippen molar-refractivity contribution in [1.29, 1.82) is 5.26 Å². The van der Waals surface area contributed by atoms with Gasteiger partial charge >= 0.3 is 0 Å². The molecule has 2 aliphatic heterocycles. The minimum atomic E-state index is -1.50. The number of oxime groups is 1. The Morgan fingerprint density at radius 1 is 1.44 bits per heavy atom. The van der Waals surface area contributed by atoms with Crippen molar-refractivity contribution in [3.63, 3.8) is 0 Å². The first-order valence-corrected chi connectivity index (χ1v) is 13.4. The number of rotatable bonds is 9. The first-order chi connectivity index (χ1) is 18.8. The molecule has 4 N–H and O–H groups in total. The number of nitrogens with one attached hydrogen (secondary N) is 1. The molecule has 0 unspecified atom stereocenters. The maximum atomic E-state index is 13.1. The molecule has 200 valence electrons. The number of nitrogen functional groups attached to an aromatic ring is 1. The third-order valence-corrected chi connectivity index (χ3v) is 8.01. The number of carboxylic acid groups (broad SMARTS) is 1. The number of amides is 2. The van der Waals surface area contributed by atoms with Crippen LogP contribution in [0.5, 0.6) is 0 Å². The topological polar surface area (TPSA) is 202 Å². The van der Waals surface area contributed by atoms with E-state index in [1.165, 1.54) is 17.1 Å². The smallest absolute Gasteiger partial charge is 0.286 e. The Morgan fingerprint density at radius 3 is 2.95 bits per heavy atom. The number of nitriles is 1. The van der Waals surface area contributed by atoms with Crippen LogP contribution in [0.1, 0.15) is 11.3 Å². The molecule has 1 saturated heterocycles. The molecular weight excluding hydrogens is 548 g/mol. The highest BCUT2D eigenvalue weighted by molar-refractivity contribution is 8.00. The van der Waals surface area contributed by atoms with Crippen LogP contribution in [0.15, 0.2) is 52.5 Å². The van der Waals surface area contributed by atoms with Gasteiger partial charge in [0.15, 0.2) is 10.8 Å². The number of carbonyl (C=O) groups excluding carboxylic acids is 3. The van der Waals surface area contributed by atoms with Crippen molar-refractivity contribution < 1.29 is 34.0 Å². The monoisotopic (exact) mass is 568 g/mol. The second-order valence-corrected chi connectivity index (χ2v) is 10.4. The van der Waals surface area contributed by atoms with Crippen LogP contribution < -0.4 is 20.7 Å². The molecule has 3 aromatic rings. The van der Waals surface area contributed by atoms with Crippen LogP contribution in [-0.2, 0) is 25.8 Å². The average Bonchev–Trinajstić information content (AvgIpc) is 3.54. The van der Waals surface area contributed by atoms with E-state index >= 15 is 0 Å². The number of anilines is 1. The van der Waals surface area contributed by atoms with Gasteiger partial charge in [0.25, 0.3) is 17.5 Å². The van der Waals surface area contributed by atoms with Gasteiger partial charge < -0.3 is 30.9 Å². The molecule has 5 rings (SSSR count). The van der Waals surface area contributed by atoms with Gasteiger partial charge in [-0.15, -0.1) is 23.1 Å². The number of aliphatic carboxylic acids is 1. The molecule has 0 spiro atoms. The second-order valence-electron chi connectivity index (χ2n) is 8.39. The van der Waals surface area contributed by atoms with Gasteiger partial charge in [-0.1, -0.05) is 5.16 Å². The molecule has 2 aliphatic rings. The van der Waals surface area contributed by atoms with E-state index in [2.05, 4.69) is 21.5 Å². The summed E-state index contributed by atoms with van der Waals surface area (Å²) < 4.78 is 3.55. The van der Waals surface area contributed by atoms with Crippen molar-refractivity contribution in [2.45, 2.75) is 18.0 Å². The van der Waals surface area contributed by atoms with E-state index in [-0.39, 0.29) is 47.7 Å². The number of nitrogens with two attached hydrogens (primary N) is 1. The van der Waals surface area contributed by atoms with E-state index in [0.717, 1.165) is 21.9 Å². The Balaban J connectivity index is 1.36. The van der Waals surface area contributed by atoms with Crippen molar-refractivity contribution in [1.82, 2.24) is 19.6 Å². The van der Waals surface area contributed by atoms with Crippen molar-refractivity contribution in [3.8, 4) is 6.07 Å². The summed E-state index contributed by atoms with van der Waals surface area (Å²) in [5.74, 6) is -2.61. The highest BCUT2D eigenvalue weighted by Gasteiger charge is 2.53. The molecule has 0 aliphatic carbocycles. The zero-order valence-corrected chi connectivity index (χ0v) is 21.6. The third-order valence-electron chi connectivity index (χ3n) is 5.99. The van der Waals surface area contributed by atoms with Crippen LogP contribution in [0.2, 0.25) is 0 Å². The number of hydrogen-bond acceptors (Lipinski definition) is 12. The molecule has 2 amide bonds. The first-order valence-electron chi connectivity index (χ1n) is 11.4. The minimum Gasteiger partial charge on any atom is -0.543 e. The van der Waals surface area contributed by atoms with E-state index in [1.54, 1.807) is 39.7 Å². The number of aromatic nitrogens is 3. The number of thioether (sulfide) groups is 1. The summed E-state index contributed by atoms with van der Waals surface area (Å²) in [5, 5.41) is 37.5. The lowest BCUT2D eigenvalue weighted by Gasteiger charge is -2.50. The summed E-state index contributed by atoms with van der Waals surface area (Å²) in [6.45, 7) is -0.315. The van der Waals surface area contributed by atoms with Gasteiger partial charge in [0.05, 0.1) is 23.8 Å².